The van der Waals surface area contributed by atoms with Crippen molar-refractivity contribution >= 4 is 38.5 Å². The number of sulfonamides is 1. The zero-order chi connectivity index (χ0) is 27.7. The van der Waals surface area contributed by atoms with Gasteiger partial charge in [0.25, 0.3) is 0 Å². The Hall–Kier alpha value is -4.27. The highest BCUT2D eigenvalue weighted by atomic mass is 32.2. The Balaban J connectivity index is 0.000000426. The minimum Gasteiger partial charge on any atom is -0.475 e. The summed E-state index contributed by atoms with van der Waals surface area (Å²) < 4.78 is 55.1. The molecule has 5 rings (SSSR count). The molecule has 0 saturated carbocycles. The zero-order valence-electron chi connectivity index (χ0n) is 19.3. The second-order valence-corrected chi connectivity index (χ2v) is 9.77. The highest BCUT2D eigenvalue weighted by Gasteiger charge is 2.38. The van der Waals surface area contributed by atoms with Crippen LogP contribution >= 0.6 is 0 Å². The van der Waals surface area contributed by atoms with Crippen LogP contribution in [0.4, 0.5) is 18.9 Å². The molecule has 6 N–H and O–H groups in total. The minimum absolute atomic E-state index is 0.0107. The third kappa shape index (κ3) is 5.82. The monoisotopic (exact) mass is 547 g/mol. The maximum absolute atomic E-state index is 12.9. The summed E-state index contributed by atoms with van der Waals surface area (Å²) in [5.41, 5.74) is 4.65. The molecular weight excluding hydrogens is 527 g/mol. The van der Waals surface area contributed by atoms with Crippen molar-refractivity contribution in [1.82, 2.24) is 15.5 Å². The quantitative estimate of drug-likeness (QED) is 0.261. The van der Waals surface area contributed by atoms with Crippen LogP contribution in [0.25, 0.3) is 22.2 Å². The largest absolute Gasteiger partial charge is 0.490 e. The average molecular weight is 548 g/mol. The van der Waals surface area contributed by atoms with Crippen molar-refractivity contribution < 1.29 is 36.3 Å². The lowest BCUT2D eigenvalue weighted by Crippen LogP contribution is -2.27. The van der Waals surface area contributed by atoms with E-state index in [0.717, 1.165) is 22.0 Å². The van der Waals surface area contributed by atoms with Crippen LogP contribution in [0.1, 0.15) is 17.2 Å². The Morgan fingerprint density at radius 3 is 2.45 bits per heavy atom. The lowest BCUT2D eigenvalue weighted by Gasteiger charge is -2.13. The van der Waals surface area contributed by atoms with E-state index >= 15 is 0 Å². The van der Waals surface area contributed by atoms with Crippen molar-refractivity contribution in [2.75, 3.05) is 5.32 Å². The number of carboxylic acid groups (broad SMARTS) is 1. The highest BCUT2D eigenvalue weighted by Crippen LogP contribution is 2.31. The number of aromatic nitrogens is 2. The molecule has 3 aromatic carbocycles. The van der Waals surface area contributed by atoms with Gasteiger partial charge < -0.3 is 10.4 Å². The second-order valence-electron chi connectivity index (χ2n) is 8.21. The summed E-state index contributed by atoms with van der Waals surface area (Å²) in [4.78, 5) is 21.8. The summed E-state index contributed by atoms with van der Waals surface area (Å²) in [6.45, 7) is 0.652. The van der Waals surface area contributed by atoms with Crippen LogP contribution in [-0.4, -0.2) is 41.8 Å². The van der Waals surface area contributed by atoms with Gasteiger partial charge in [0, 0.05) is 23.2 Å². The van der Waals surface area contributed by atoms with Crippen LogP contribution in [-0.2, 0) is 26.2 Å². The molecule has 198 valence electrons. The number of nitrogens with zero attached hydrogens (tertiary/aromatic N) is 1. The van der Waals surface area contributed by atoms with Gasteiger partial charge in [-0.25, -0.2) is 18.4 Å². The number of carboxylic acids is 1. The molecule has 1 atom stereocenters. The molecule has 0 bridgehead atoms. The van der Waals surface area contributed by atoms with Crippen LogP contribution in [0.2, 0.25) is 0 Å². The van der Waals surface area contributed by atoms with Gasteiger partial charge in [0.15, 0.2) is 0 Å². The summed E-state index contributed by atoms with van der Waals surface area (Å²) in [5, 5.41) is 26.6. The van der Waals surface area contributed by atoms with Gasteiger partial charge in [-0.15, -0.1) is 0 Å². The van der Waals surface area contributed by atoms with Gasteiger partial charge in [0.05, 0.1) is 10.4 Å². The number of H-pyrrole nitrogens is 1. The number of benzene rings is 3. The number of carbonyl (C=O) groups excluding carboxylic acids is 1. The fourth-order valence-electron chi connectivity index (χ4n) is 3.88. The van der Waals surface area contributed by atoms with E-state index in [-0.39, 0.29) is 10.8 Å². The number of nitrogens with one attached hydrogen (secondary N) is 3. The summed E-state index contributed by atoms with van der Waals surface area (Å²) in [6, 6.07) is 19.2. The predicted octanol–water partition coefficient (Wildman–Crippen LogP) is 3.29. The fraction of sp³-hybridized carbons (Fsp3) is 0.125. The Morgan fingerprint density at radius 1 is 1.05 bits per heavy atom. The first-order chi connectivity index (χ1) is 17.8. The van der Waals surface area contributed by atoms with Crippen LogP contribution in [0, 0.1) is 0 Å². The molecule has 0 fully saturated rings. The summed E-state index contributed by atoms with van der Waals surface area (Å²) in [6.07, 6.45) is -5.08. The first-order valence-electron chi connectivity index (χ1n) is 10.9. The van der Waals surface area contributed by atoms with E-state index in [2.05, 4.69) is 20.8 Å². The maximum Gasteiger partial charge on any atom is 0.490 e. The molecule has 1 aliphatic heterocycles. The van der Waals surface area contributed by atoms with E-state index in [9.17, 15) is 26.4 Å². The van der Waals surface area contributed by atoms with Crippen molar-refractivity contribution in [2.24, 2.45) is 5.14 Å². The van der Waals surface area contributed by atoms with E-state index in [1.54, 1.807) is 18.2 Å². The number of hydrogen-bond donors (Lipinski definition) is 5. The van der Waals surface area contributed by atoms with E-state index in [1.807, 2.05) is 36.4 Å². The molecule has 0 spiro atoms. The van der Waals surface area contributed by atoms with Crippen molar-refractivity contribution in [3.05, 3.63) is 77.9 Å². The van der Waals surface area contributed by atoms with Crippen molar-refractivity contribution in [2.45, 2.75) is 23.7 Å². The molecule has 2 heterocycles. The molecule has 4 aromatic rings. The summed E-state index contributed by atoms with van der Waals surface area (Å²) in [7, 11) is -3.83. The molecule has 1 amide bonds. The number of rotatable bonds is 4. The Morgan fingerprint density at radius 2 is 1.76 bits per heavy atom. The number of amides is 1. The number of hydrogen-bond acceptors (Lipinski definition) is 6. The van der Waals surface area contributed by atoms with Gasteiger partial charge in [-0.1, -0.05) is 36.4 Å². The molecule has 0 aliphatic carbocycles. The van der Waals surface area contributed by atoms with Gasteiger partial charge in [-0.3, -0.25) is 15.2 Å². The normalized spacial score (nSPS) is 14.9. The first-order valence-corrected chi connectivity index (χ1v) is 12.4. The standard InChI is InChI=1S/C22H19N5O3S.C2HF3O2/c23-31(29,30)16-6-3-5-13(10-16)20-18-11-15(8-9-19(18)26-27-20)25-22(28)21-17-7-2-1-4-14(17)12-24-21;3-2(4,5)1(6)7/h1-11,21,24H,12H2,(H,25,28)(H,26,27)(H2,23,29,30);(H,6,7). The molecular formula is C24H20F3N5O5S. The zero-order valence-corrected chi connectivity index (χ0v) is 20.1. The van der Waals surface area contributed by atoms with Gasteiger partial charge in [-0.2, -0.15) is 18.3 Å². The van der Waals surface area contributed by atoms with E-state index < -0.39 is 28.2 Å². The number of halogens is 3. The minimum atomic E-state index is -5.08. The number of anilines is 1. The number of aromatic amines is 1. The molecule has 10 nitrogen and oxygen atoms in total. The van der Waals surface area contributed by atoms with Crippen molar-refractivity contribution in [1.29, 1.82) is 0 Å². The molecule has 1 unspecified atom stereocenters. The molecule has 1 aliphatic rings. The smallest absolute Gasteiger partial charge is 0.475 e. The summed E-state index contributed by atoms with van der Waals surface area (Å²) >= 11 is 0. The Bertz CT molecular complexity index is 1640. The van der Waals surface area contributed by atoms with E-state index in [1.165, 1.54) is 12.1 Å². The predicted molar refractivity (Wildman–Crippen MR) is 131 cm³/mol. The lowest BCUT2D eigenvalue weighted by atomic mass is 10.0. The molecule has 38 heavy (non-hydrogen) atoms. The third-order valence-corrected chi connectivity index (χ3v) is 6.54. The van der Waals surface area contributed by atoms with Gasteiger partial charge >= 0.3 is 12.1 Å². The number of alkyl halides is 3. The lowest BCUT2D eigenvalue weighted by molar-refractivity contribution is -0.192. The van der Waals surface area contributed by atoms with Gasteiger partial charge in [-0.05, 0) is 41.5 Å². The molecule has 0 saturated heterocycles. The van der Waals surface area contributed by atoms with E-state index in [0.29, 0.717) is 23.5 Å². The van der Waals surface area contributed by atoms with Crippen LogP contribution < -0.4 is 15.8 Å². The SMILES string of the molecule is NS(=O)(=O)c1cccc(-c2n[nH]c3ccc(NC(=O)C4NCc5ccccc54)cc23)c1.O=C(O)C(F)(F)F. The van der Waals surface area contributed by atoms with Crippen molar-refractivity contribution in [3.8, 4) is 11.3 Å². The Kier molecular flexibility index (Phi) is 7.22. The fourth-order valence-corrected chi connectivity index (χ4v) is 4.44. The Labute approximate surface area is 213 Å². The van der Waals surface area contributed by atoms with Gasteiger partial charge in [0.2, 0.25) is 15.9 Å². The first kappa shape index (κ1) is 26.8. The number of fused-ring (bicyclic) bond motifs is 2. The van der Waals surface area contributed by atoms with Crippen molar-refractivity contribution in [3.63, 3.8) is 0 Å². The second kappa shape index (κ2) is 10.2. The molecule has 1 aromatic heterocycles. The highest BCUT2D eigenvalue weighted by molar-refractivity contribution is 7.89. The number of primary sulfonamides is 1. The van der Waals surface area contributed by atoms with Crippen LogP contribution in [0.5, 0.6) is 0 Å². The van der Waals surface area contributed by atoms with Crippen LogP contribution in [0.15, 0.2) is 71.6 Å². The number of carbonyl (C=O) groups is 2. The van der Waals surface area contributed by atoms with E-state index in [4.69, 9.17) is 15.0 Å². The number of aliphatic carboxylic acids is 1. The van der Waals surface area contributed by atoms with Crippen LogP contribution in [0.3, 0.4) is 0 Å². The topological polar surface area (TPSA) is 167 Å². The molecule has 0 radical (unpaired) electrons. The van der Waals surface area contributed by atoms with Gasteiger partial charge in [0.1, 0.15) is 11.7 Å². The maximum atomic E-state index is 12.9. The average Bonchev–Trinajstić information content (AvgIpc) is 3.48. The number of nitrogens with two attached hydrogens (primary N) is 1. The molecule has 14 heteroatoms. The third-order valence-electron chi connectivity index (χ3n) is 5.63. The summed E-state index contributed by atoms with van der Waals surface area (Å²) in [5.74, 6) is -2.90.